The molecular formula is C12H21N5O. The fraction of sp³-hybridized carbons (Fsp3) is 0.667. The summed E-state index contributed by atoms with van der Waals surface area (Å²) in [7, 11) is 1.80. The normalized spacial score (nSPS) is 15.8. The van der Waals surface area contributed by atoms with Crippen molar-refractivity contribution in [2.24, 2.45) is 0 Å². The molecule has 1 heterocycles. The van der Waals surface area contributed by atoms with Crippen LogP contribution in [-0.2, 0) is 4.74 Å². The lowest BCUT2D eigenvalue weighted by Crippen LogP contribution is -2.16. The molecule has 4 N–H and O–H groups in total. The zero-order valence-electron chi connectivity index (χ0n) is 10.8. The number of rotatable bonds is 6. The van der Waals surface area contributed by atoms with Crippen molar-refractivity contribution in [3.63, 3.8) is 0 Å². The quantitative estimate of drug-likeness (QED) is 0.664. The average Bonchev–Trinajstić information content (AvgIpc) is 2.87. The molecule has 0 radical (unpaired) electrons. The van der Waals surface area contributed by atoms with Gasteiger partial charge in [0.15, 0.2) is 0 Å². The zero-order valence-corrected chi connectivity index (χ0v) is 10.8. The van der Waals surface area contributed by atoms with E-state index in [4.69, 9.17) is 10.5 Å². The Balaban J connectivity index is 1.73. The van der Waals surface area contributed by atoms with Crippen LogP contribution in [0.2, 0.25) is 0 Å². The van der Waals surface area contributed by atoms with Gasteiger partial charge in [0.2, 0.25) is 5.95 Å². The maximum atomic E-state index is 5.76. The van der Waals surface area contributed by atoms with Crippen LogP contribution in [0.1, 0.15) is 25.7 Å². The summed E-state index contributed by atoms with van der Waals surface area (Å²) in [5.74, 6) is 1.70. The van der Waals surface area contributed by atoms with Crippen molar-refractivity contribution < 1.29 is 4.74 Å². The van der Waals surface area contributed by atoms with Crippen molar-refractivity contribution in [2.45, 2.75) is 31.8 Å². The van der Waals surface area contributed by atoms with Crippen LogP contribution in [0.3, 0.4) is 0 Å². The van der Waals surface area contributed by atoms with Crippen molar-refractivity contribution in [3.8, 4) is 0 Å². The van der Waals surface area contributed by atoms with E-state index in [0.717, 1.165) is 12.4 Å². The molecule has 100 valence electrons. The minimum atomic E-state index is 0.265. The molecule has 1 fully saturated rings. The maximum Gasteiger partial charge on any atom is 0.223 e. The first-order valence-electron chi connectivity index (χ1n) is 6.45. The van der Waals surface area contributed by atoms with Crippen LogP contribution < -0.4 is 16.4 Å². The fourth-order valence-electron chi connectivity index (χ4n) is 2.14. The third-order valence-electron chi connectivity index (χ3n) is 3.06. The SMILES string of the molecule is CNc1cc(NCCOC2CCCC2)nc(N)n1. The van der Waals surface area contributed by atoms with Gasteiger partial charge in [-0.3, -0.25) is 0 Å². The first-order chi connectivity index (χ1) is 8.78. The zero-order chi connectivity index (χ0) is 12.8. The topological polar surface area (TPSA) is 85.1 Å². The highest BCUT2D eigenvalue weighted by molar-refractivity contribution is 5.50. The van der Waals surface area contributed by atoms with Gasteiger partial charge in [-0.15, -0.1) is 0 Å². The molecule has 0 spiro atoms. The fourth-order valence-corrected chi connectivity index (χ4v) is 2.14. The number of aromatic nitrogens is 2. The molecule has 1 saturated carbocycles. The van der Waals surface area contributed by atoms with Gasteiger partial charge in [0, 0.05) is 19.7 Å². The second kappa shape index (κ2) is 6.39. The number of anilines is 3. The molecule has 6 nitrogen and oxygen atoms in total. The number of hydrogen-bond acceptors (Lipinski definition) is 6. The molecule has 0 unspecified atom stereocenters. The molecule has 0 aliphatic heterocycles. The van der Waals surface area contributed by atoms with E-state index in [0.29, 0.717) is 18.5 Å². The van der Waals surface area contributed by atoms with E-state index in [2.05, 4.69) is 20.6 Å². The van der Waals surface area contributed by atoms with E-state index >= 15 is 0 Å². The van der Waals surface area contributed by atoms with Crippen LogP contribution in [0, 0.1) is 0 Å². The highest BCUT2D eigenvalue weighted by Gasteiger charge is 2.14. The van der Waals surface area contributed by atoms with Crippen LogP contribution in [0.5, 0.6) is 0 Å². The molecule has 1 aliphatic carbocycles. The lowest BCUT2D eigenvalue weighted by Gasteiger charge is -2.12. The van der Waals surface area contributed by atoms with Gasteiger partial charge in [-0.05, 0) is 12.8 Å². The highest BCUT2D eigenvalue weighted by Crippen LogP contribution is 2.20. The molecule has 6 heteroatoms. The van der Waals surface area contributed by atoms with Crippen molar-refractivity contribution in [2.75, 3.05) is 36.6 Å². The summed E-state index contributed by atoms with van der Waals surface area (Å²) < 4.78 is 5.76. The van der Waals surface area contributed by atoms with E-state index < -0.39 is 0 Å². The van der Waals surface area contributed by atoms with Gasteiger partial charge in [0.25, 0.3) is 0 Å². The van der Waals surface area contributed by atoms with Crippen LogP contribution in [0.15, 0.2) is 6.07 Å². The first-order valence-corrected chi connectivity index (χ1v) is 6.45. The second-order valence-electron chi connectivity index (χ2n) is 4.45. The summed E-state index contributed by atoms with van der Waals surface area (Å²) in [6.07, 6.45) is 5.45. The smallest absolute Gasteiger partial charge is 0.223 e. The minimum absolute atomic E-state index is 0.265. The van der Waals surface area contributed by atoms with Crippen LogP contribution in [0.25, 0.3) is 0 Å². The molecular weight excluding hydrogens is 230 g/mol. The summed E-state index contributed by atoms with van der Waals surface area (Å²) in [6, 6.07) is 1.83. The highest BCUT2D eigenvalue weighted by atomic mass is 16.5. The molecule has 0 aromatic carbocycles. The lowest BCUT2D eigenvalue weighted by molar-refractivity contribution is 0.0658. The maximum absolute atomic E-state index is 5.76. The Morgan fingerprint density at radius 1 is 1.33 bits per heavy atom. The Kier molecular flexibility index (Phi) is 4.58. The third-order valence-corrected chi connectivity index (χ3v) is 3.06. The van der Waals surface area contributed by atoms with Crippen molar-refractivity contribution >= 4 is 17.6 Å². The molecule has 0 saturated heterocycles. The predicted molar refractivity (Wildman–Crippen MR) is 72.7 cm³/mol. The van der Waals surface area contributed by atoms with Crippen LogP contribution >= 0.6 is 0 Å². The molecule has 2 rings (SSSR count). The summed E-state index contributed by atoms with van der Waals surface area (Å²) >= 11 is 0. The van der Waals surface area contributed by atoms with E-state index in [1.54, 1.807) is 7.05 Å². The van der Waals surface area contributed by atoms with Crippen molar-refractivity contribution in [3.05, 3.63) is 6.07 Å². The van der Waals surface area contributed by atoms with Crippen molar-refractivity contribution in [1.29, 1.82) is 0 Å². The van der Waals surface area contributed by atoms with E-state index in [-0.39, 0.29) is 5.95 Å². The largest absolute Gasteiger partial charge is 0.376 e. The second-order valence-corrected chi connectivity index (χ2v) is 4.45. The molecule has 0 atom stereocenters. The Labute approximate surface area is 107 Å². The standard InChI is InChI=1S/C12H21N5O/c1-14-10-8-11(17-12(13)16-10)15-6-7-18-9-4-2-3-5-9/h8-9H,2-7H2,1H3,(H4,13,14,15,16,17). The number of nitrogen functional groups attached to an aromatic ring is 1. The van der Waals surface area contributed by atoms with Gasteiger partial charge in [-0.1, -0.05) is 12.8 Å². The Bertz CT molecular complexity index is 379. The van der Waals surface area contributed by atoms with Crippen LogP contribution in [-0.4, -0.2) is 36.3 Å². The van der Waals surface area contributed by atoms with Gasteiger partial charge >= 0.3 is 0 Å². The number of ether oxygens (including phenoxy) is 1. The van der Waals surface area contributed by atoms with E-state index in [9.17, 15) is 0 Å². The van der Waals surface area contributed by atoms with Gasteiger partial charge in [0.05, 0.1) is 12.7 Å². The number of hydrogen-bond donors (Lipinski definition) is 3. The van der Waals surface area contributed by atoms with Crippen molar-refractivity contribution in [1.82, 2.24) is 9.97 Å². The first kappa shape index (κ1) is 12.9. The van der Waals surface area contributed by atoms with Gasteiger partial charge < -0.3 is 21.1 Å². The summed E-state index contributed by atoms with van der Waals surface area (Å²) in [5, 5.41) is 6.13. The third kappa shape index (κ3) is 3.73. The van der Waals surface area contributed by atoms with Crippen LogP contribution in [0.4, 0.5) is 17.6 Å². The monoisotopic (exact) mass is 251 g/mol. The predicted octanol–water partition coefficient (Wildman–Crippen LogP) is 1.47. The van der Waals surface area contributed by atoms with Gasteiger partial charge in [-0.2, -0.15) is 9.97 Å². The summed E-state index contributed by atoms with van der Waals surface area (Å²) in [4.78, 5) is 8.14. The molecule has 1 aromatic heterocycles. The average molecular weight is 251 g/mol. The Hall–Kier alpha value is -1.56. The van der Waals surface area contributed by atoms with Gasteiger partial charge in [0.1, 0.15) is 11.6 Å². The van der Waals surface area contributed by atoms with E-state index in [1.807, 2.05) is 6.07 Å². The lowest BCUT2D eigenvalue weighted by atomic mass is 10.3. The molecule has 1 aliphatic rings. The number of nitrogens with one attached hydrogen (secondary N) is 2. The Morgan fingerprint density at radius 2 is 2.06 bits per heavy atom. The minimum Gasteiger partial charge on any atom is -0.376 e. The molecule has 0 amide bonds. The van der Waals surface area contributed by atoms with Gasteiger partial charge in [-0.25, -0.2) is 0 Å². The molecule has 0 bridgehead atoms. The summed E-state index contributed by atoms with van der Waals surface area (Å²) in [5.41, 5.74) is 5.61. The Morgan fingerprint density at radius 3 is 2.78 bits per heavy atom. The van der Waals surface area contributed by atoms with E-state index in [1.165, 1.54) is 25.7 Å². The summed E-state index contributed by atoms with van der Waals surface area (Å²) in [6.45, 7) is 1.43. The molecule has 18 heavy (non-hydrogen) atoms. The molecule has 1 aromatic rings. The number of nitrogens with two attached hydrogens (primary N) is 1. The number of nitrogens with zero attached hydrogens (tertiary/aromatic N) is 2.